The van der Waals surface area contributed by atoms with Gasteiger partial charge in [-0.3, -0.25) is 4.79 Å². The molecule has 2 aliphatic rings. The Labute approximate surface area is 117 Å². The molecule has 0 radical (unpaired) electrons. The molecule has 3 rings (SSSR count). The number of nitrogens with one attached hydrogen (secondary N) is 1. The van der Waals surface area contributed by atoms with Crippen molar-refractivity contribution in [1.82, 2.24) is 19.8 Å². The maximum Gasteiger partial charge on any atom is 0.267 e. The van der Waals surface area contributed by atoms with Crippen LogP contribution in [0.2, 0.25) is 0 Å². The smallest absolute Gasteiger partial charge is 0.267 e. The molecule has 19 heavy (non-hydrogen) atoms. The summed E-state index contributed by atoms with van der Waals surface area (Å²) in [5.41, 5.74) is 0.701. The van der Waals surface area contributed by atoms with Crippen molar-refractivity contribution in [3.8, 4) is 0 Å². The second-order valence-corrected chi connectivity index (χ2v) is 7.34. The number of likely N-dealkylation sites (tertiary alicyclic amines) is 1. The second-order valence-electron chi connectivity index (χ2n) is 6.59. The quantitative estimate of drug-likeness (QED) is 0.838. The van der Waals surface area contributed by atoms with Gasteiger partial charge in [0.15, 0.2) is 0 Å². The van der Waals surface area contributed by atoms with E-state index < -0.39 is 0 Å². The summed E-state index contributed by atoms with van der Waals surface area (Å²) in [6.45, 7) is 10.1. The number of amides is 1. The van der Waals surface area contributed by atoms with Crippen LogP contribution in [-0.2, 0) is 5.41 Å². The number of hydrogen-bond donors (Lipinski definition) is 1. The number of carbonyl (C=O) groups excluding carboxylic acids is 1. The van der Waals surface area contributed by atoms with Gasteiger partial charge < -0.3 is 10.2 Å². The Hall–Kier alpha value is -1.01. The van der Waals surface area contributed by atoms with Crippen LogP contribution < -0.4 is 5.32 Å². The van der Waals surface area contributed by atoms with Gasteiger partial charge in [0.25, 0.3) is 5.91 Å². The predicted octanol–water partition coefficient (Wildman–Crippen LogP) is 1.13. The molecule has 2 atom stereocenters. The van der Waals surface area contributed by atoms with Crippen molar-refractivity contribution < 1.29 is 4.79 Å². The van der Waals surface area contributed by atoms with E-state index in [9.17, 15) is 4.79 Å². The first-order valence-corrected chi connectivity index (χ1v) is 7.57. The molecular formula is C13H20N4OS. The minimum atomic E-state index is -0.130. The van der Waals surface area contributed by atoms with Crippen LogP contribution in [0, 0.1) is 11.8 Å². The molecule has 0 aliphatic carbocycles. The highest BCUT2D eigenvalue weighted by Crippen LogP contribution is 2.31. The number of nitrogens with zero attached hydrogens (tertiary/aromatic N) is 3. The van der Waals surface area contributed by atoms with Crippen LogP contribution in [0.4, 0.5) is 0 Å². The van der Waals surface area contributed by atoms with E-state index in [0.29, 0.717) is 11.8 Å². The molecule has 104 valence electrons. The van der Waals surface area contributed by atoms with Gasteiger partial charge >= 0.3 is 0 Å². The second kappa shape index (κ2) is 4.52. The third-order valence-electron chi connectivity index (χ3n) is 4.07. The molecule has 2 aliphatic heterocycles. The molecule has 1 N–H and O–H groups in total. The Morgan fingerprint density at radius 3 is 2.53 bits per heavy atom. The molecule has 5 nitrogen and oxygen atoms in total. The monoisotopic (exact) mass is 280 g/mol. The first-order chi connectivity index (χ1) is 8.97. The molecule has 0 bridgehead atoms. The van der Waals surface area contributed by atoms with E-state index in [1.807, 2.05) is 4.90 Å². The highest BCUT2D eigenvalue weighted by molar-refractivity contribution is 7.08. The van der Waals surface area contributed by atoms with Crippen molar-refractivity contribution >= 4 is 17.4 Å². The molecule has 6 heteroatoms. The maximum atomic E-state index is 12.6. The van der Waals surface area contributed by atoms with E-state index >= 15 is 0 Å². The van der Waals surface area contributed by atoms with E-state index in [4.69, 9.17) is 0 Å². The fraction of sp³-hybridized carbons (Fsp3) is 0.769. The minimum Gasteiger partial charge on any atom is -0.337 e. The number of rotatable bonds is 1. The molecule has 0 saturated carbocycles. The molecule has 0 aromatic carbocycles. The van der Waals surface area contributed by atoms with Gasteiger partial charge in [-0.2, -0.15) is 0 Å². The molecule has 1 amide bonds. The third kappa shape index (κ3) is 2.27. The summed E-state index contributed by atoms with van der Waals surface area (Å²) in [4.78, 5) is 15.4. The van der Waals surface area contributed by atoms with E-state index in [0.717, 1.165) is 36.8 Å². The van der Waals surface area contributed by atoms with Crippen molar-refractivity contribution in [2.24, 2.45) is 11.8 Å². The molecule has 2 unspecified atom stereocenters. The largest absolute Gasteiger partial charge is 0.337 e. The van der Waals surface area contributed by atoms with Crippen LogP contribution in [0.25, 0.3) is 0 Å². The molecule has 1 aromatic heterocycles. The first kappa shape index (κ1) is 13.0. The van der Waals surface area contributed by atoms with Gasteiger partial charge in [0.05, 0.1) is 5.69 Å². The van der Waals surface area contributed by atoms with Crippen LogP contribution in [0.15, 0.2) is 0 Å². The lowest BCUT2D eigenvalue weighted by Gasteiger charge is -2.20. The van der Waals surface area contributed by atoms with Gasteiger partial charge in [0.1, 0.15) is 4.88 Å². The van der Waals surface area contributed by atoms with Gasteiger partial charge in [0.2, 0.25) is 0 Å². The zero-order chi connectivity index (χ0) is 13.6. The molecule has 0 spiro atoms. The van der Waals surface area contributed by atoms with E-state index in [1.165, 1.54) is 11.5 Å². The Morgan fingerprint density at radius 2 is 1.95 bits per heavy atom. The van der Waals surface area contributed by atoms with Gasteiger partial charge in [-0.25, -0.2) is 0 Å². The van der Waals surface area contributed by atoms with Crippen LogP contribution in [-0.4, -0.2) is 46.6 Å². The van der Waals surface area contributed by atoms with Crippen LogP contribution in [0.3, 0.4) is 0 Å². The Morgan fingerprint density at radius 1 is 1.32 bits per heavy atom. The van der Waals surface area contributed by atoms with Crippen molar-refractivity contribution in [3.63, 3.8) is 0 Å². The lowest BCUT2D eigenvalue weighted by molar-refractivity contribution is 0.0784. The van der Waals surface area contributed by atoms with Gasteiger partial charge in [-0.05, 0) is 23.4 Å². The Bertz CT molecular complexity index is 481. The zero-order valence-corrected chi connectivity index (χ0v) is 12.5. The summed E-state index contributed by atoms with van der Waals surface area (Å²) in [6, 6.07) is 0. The number of carbonyl (C=O) groups is 1. The van der Waals surface area contributed by atoms with Crippen LogP contribution in [0.1, 0.15) is 36.1 Å². The summed E-state index contributed by atoms with van der Waals surface area (Å²) in [6.07, 6.45) is 0. The first-order valence-electron chi connectivity index (χ1n) is 6.79. The highest BCUT2D eigenvalue weighted by Gasteiger charge is 2.40. The van der Waals surface area contributed by atoms with Gasteiger partial charge in [-0.1, -0.05) is 25.3 Å². The summed E-state index contributed by atoms with van der Waals surface area (Å²) in [5, 5.41) is 7.55. The van der Waals surface area contributed by atoms with Crippen molar-refractivity contribution in [2.45, 2.75) is 26.2 Å². The van der Waals surface area contributed by atoms with Crippen molar-refractivity contribution in [1.29, 1.82) is 0 Å². The van der Waals surface area contributed by atoms with Gasteiger partial charge in [-0.15, -0.1) is 5.10 Å². The maximum absolute atomic E-state index is 12.6. The highest BCUT2D eigenvalue weighted by atomic mass is 32.1. The molecule has 3 heterocycles. The molecular weight excluding hydrogens is 260 g/mol. The lowest BCUT2D eigenvalue weighted by Crippen LogP contribution is -2.32. The van der Waals surface area contributed by atoms with Crippen LogP contribution in [0.5, 0.6) is 0 Å². The summed E-state index contributed by atoms with van der Waals surface area (Å²) in [7, 11) is 0. The fourth-order valence-electron chi connectivity index (χ4n) is 2.99. The molecule has 2 saturated heterocycles. The Kier molecular flexibility index (Phi) is 3.09. The average Bonchev–Trinajstić information content (AvgIpc) is 3.01. The van der Waals surface area contributed by atoms with Gasteiger partial charge in [0, 0.05) is 31.6 Å². The normalized spacial score (nSPS) is 26.8. The number of fused-ring (bicyclic) bond motifs is 1. The van der Waals surface area contributed by atoms with E-state index in [-0.39, 0.29) is 11.3 Å². The summed E-state index contributed by atoms with van der Waals surface area (Å²) >= 11 is 1.23. The lowest BCUT2D eigenvalue weighted by atomic mass is 9.91. The zero-order valence-electron chi connectivity index (χ0n) is 11.6. The van der Waals surface area contributed by atoms with E-state index in [2.05, 4.69) is 35.7 Å². The Balaban J connectivity index is 1.80. The van der Waals surface area contributed by atoms with Crippen LogP contribution >= 0.6 is 11.5 Å². The fourth-order valence-corrected chi connectivity index (χ4v) is 3.83. The minimum absolute atomic E-state index is 0.120. The number of aromatic nitrogens is 2. The summed E-state index contributed by atoms with van der Waals surface area (Å²) < 4.78 is 3.99. The average molecular weight is 280 g/mol. The number of hydrogen-bond acceptors (Lipinski definition) is 5. The topological polar surface area (TPSA) is 58.1 Å². The third-order valence-corrected chi connectivity index (χ3v) is 4.78. The molecule has 2 fully saturated rings. The SMILES string of the molecule is CC(C)(C)c1nnsc1C(=O)N1CC2CNCC2C1. The van der Waals surface area contributed by atoms with Crippen molar-refractivity contribution in [3.05, 3.63) is 10.6 Å². The molecule has 1 aromatic rings. The van der Waals surface area contributed by atoms with Crippen molar-refractivity contribution in [2.75, 3.05) is 26.2 Å². The predicted molar refractivity (Wildman–Crippen MR) is 74.4 cm³/mol. The standard InChI is InChI=1S/C13H20N4OS/c1-13(2,3)11-10(19-16-15-11)12(18)17-6-8-4-14-5-9(8)7-17/h8-9,14H,4-7H2,1-3H3. The summed E-state index contributed by atoms with van der Waals surface area (Å²) in [5.74, 6) is 1.38. The van der Waals surface area contributed by atoms with E-state index in [1.54, 1.807) is 0 Å².